The van der Waals surface area contributed by atoms with Crippen molar-refractivity contribution >= 4 is 11.6 Å². The first-order valence-corrected chi connectivity index (χ1v) is 11.4. The average molecular weight is 492 g/mol. The van der Waals surface area contributed by atoms with Gasteiger partial charge in [-0.2, -0.15) is 0 Å². The van der Waals surface area contributed by atoms with E-state index < -0.39 is 54.6 Å². The Morgan fingerprint density at radius 2 is 1.44 bits per heavy atom. The number of aliphatic hydroxyl groups excluding tert-OH is 4. The molecule has 186 valence electrons. The van der Waals surface area contributed by atoms with Gasteiger partial charge < -0.3 is 35.0 Å². The number of carbonyl (C=O) groups excluding carboxylic acids is 2. The molecule has 0 spiro atoms. The number of phenolic OH excluding ortho intramolecular Hbond substituents is 1. The van der Waals surface area contributed by atoms with Gasteiger partial charge in [-0.3, -0.25) is 9.59 Å². The minimum atomic E-state index is -1.74. The van der Waals surface area contributed by atoms with Gasteiger partial charge in [0, 0.05) is 28.7 Å². The number of hydrogen-bond acceptors (Lipinski definition) is 9. The standard InChI is InChI=1S/C27H24O9/c28-12-18-22(31)24(33)25(34)27(35-18)36-26-14(10-13-6-2-1-3-7-13)11-17-19(23(26)32)21(30)16-9-5-4-8-15(16)20(17)29/h1-9,11,18,22,24-25,27-28,31-34H,10,12H2. The molecule has 0 aromatic heterocycles. The minimum absolute atomic E-state index is 0.0169. The Kier molecular flexibility index (Phi) is 6.33. The molecule has 0 amide bonds. The third kappa shape index (κ3) is 3.97. The predicted octanol–water partition coefficient (Wildman–Crippen LogP) is 0.937. The van der Waals surface area contributed by atoms with E-state index >= 15 is 0 Å². The van der Waals surface area contributed by atoms with Gasteiger partial charge in [0.2, 0.25) is 6.29 Å². The molecule has 5 unspecified atom stereocenters. The third-order valence-corrected chi connectivity index (χ3v) is 6.54. The molecule has 5 atom stereocenters. The zero-order valence-electron chi connectivity index (χ0n) is 18.9. The van der Waals surface area contributed by atoms with Crippen LogP contribution in [0, 0.1) is 0 Å². The number of phenols is 1. The fraction of sp³-hybridized carbons (Fsp3) is 0.259. The van der Waals surface area contributed by atoms with E-state index in [1.807, 2.05) is 30.3 Å². The van der Waals surface area contributed by atoms with E-state index in [1.54, 1.807) is 18.2 Å². The number of ketones is 2. The summed E-state index contributed by atoms with van der Waals surface area (Å²) in [5.74, 6) is -1.82. The number of ether oxygens (including phenoxy) is 2. The number of fused-ring (bicyclic) bond motifs is 2. The molecule has 1 aliphatic heterocycles. The van der Waals surface area contributed by atoms with Crippen LogP contribution in [0.3, 0.4) is 0 Å². The average Bonchev–Trinajstić information content (AvgIpc) is 2.89. The van der Waals surface area contributed by atoms with E-state index in [0.29, 0.717) is 5.56 Å². The highest BCUT2D eigenvalue weighted by molar-refractivity contribution is 6.29. The van der Waals surface area contributed by atoms with Gasteiger partial charge in [-0.1, -0.05) is 54.6 Å². The van der Waals surface area contributed by atoms with Crippen LogP contribution in [0.5, 0.6) is 11.5 Å². The fourth-order valence-electron chi connectivity index (χ4n) is 4.63. The Hall–Kier alpha value is -3.60. The zero-order valence-corrected chi connectivity index (χ0v) is 18.9. The Morgan fingerprint density at radius 1 is 0.806 bits per heavy atom. The molecule has 3 aromatic rings. The third-order valence-electron chi connectivity index (χ3n) is 6.54. The summed E-state index contributed by atoms with van der Waals surface area (Å²) < 4.78 is 11.3. The zero-order chi connectivity index (χ0) is 25.6. The van der Waals surface area contributed by atoms with Crippen molar-refractivity contribution < 1.29 is 44.6 Å². The van der Waals surface area contributed by atoms with E-state index in [2.05, 4.69) is 0 Å². The predicted molar refractivity (Wildman–Crippen MR) is 125 cm³/mol. The first-order valence-electron chi connectivity index (χ1n) is 11.4. The van der Waals surface area contributed by atoms with Crippen molar-refractivity contribution in [3.8, 4) is 11.5 Å². The molecule has 5 rings (SSSR count). The lowest BCUT2D eigenvalue weighted by Crippen LogP contribution is -2.60. The molecular formula is C27H24O9. The van der Waals surface area contributed by atoms with Crippen molar-refractivity contribution in [3.63, 3.8) is 0 Å². The number of aliphatic hydroxyl groups is 4. The molecule has 1 heterocycles. The van der Waals surface area contributed by atoms with Crippen molar-refractivity contribution in [2.24, 2.45) is 0 Å². The fourth-order valence-corrected chi connectivity index (χ4v) is 4.63. The van der Waals surface area contributed by atoms with Gasteiger partial charge in [-0.15, -0.1) is 0 Å². The van der Waals surface area contributed by atoms with Gasteiger partial charge in [-0.25, -0.2) is 0 Å². The van der Waals surface area contributed by atoms with Crippen LogP contribution >= 0.6 is 0 Å². The lowest BCUT2D eigenvalue weighted by molar-refractivity contribution is -0.277. The highest BCUT2D eigenvalue weighted by Gasteiger charge is 2.45. The Bertz CT molecular complexity index is 1320. The van der Waals surface area contributed by atoms with Crippen molar-refractivity contribution in [3.05, 3.63) is 94.0 Å². The van der Waals surface area contributed by atoms with Crippen LogP contribution in [-0.4, -0.2) is 74.4 Å². The molecule has 9 heteroatoms. The summed E-state index contributed by atoms with van der Waals surface area (Å²) in [6.07, 6.45) is -7.67. The summed E-state index contributed by atoms with van der Waals surface area (Å²) in [6, 6.07) is 16.9. The second-order valence-corrected chi connectivity index (χ2v) is 8.82. The molecular weight excluding hydrogens is 468 g/mol. The molecule has 0 saturated carbocycles. The molecule has 1 fully saturated rings. The van der Waals surface area contributed by atoms with Crippen LogP contribution in [0.4, 0.5) is 0 Å². The number of rotatable bonds is 5. The van der Waals surface area contributed by atoms with Crippen molar-refractivity contribution in [1.29, 1.82) is 0 Å². The maximum atomic E-state index is 13.3. The maximum absolute atomic E-state index is 13.3. The monoisotopic (exact) mass is 492 g/mol. The summed E-state index contributed by atoms with van der Waals surface area (Å²) in [5.41, 5.74) is 1.28. The Labute approximate surface area is 205 Å². The first-order chi connectivity index (χ1) is 17.3. The summed E-state index contributed by atoms with van der Waals surface area (Å²) in [6.45, 7) is -0.665. The van der Waals surface area contributed by atoms with E-state index in [0.717, 1.165) is 5.56 Å². The van der Waals surface area contributed by atoms with E-state index in [9.17, 15) is 35.1 Å². The molecule has 9 nitrogen and oxygen atoms in total. The highest BCUT2D eigenvalue weighted by Crippen LogP contribution is 2.43. The van der Waals surface area contributed by atoms with Crippen LogP contribution in [-0.2, 0) is 11.2 Å². The van der Waals surface area contributed by atoms with Gasteiger partial charge in [0.15, 0.2) is 23.1 Å². The summed E-state index contributed by atoms with van der Waals surface area (Å²) >= 11 is 0. The van der Waals surface area contributed by atoms with E-state index in [4.69, 9.17) is 9.47 Å². The molecule has 36 heavy (non-hydrogen) atoms. The van der Waals surface area contributed by atoms with E-state index in [-0.39, 0.29) is 34.4 Å². The quantitative estimate of drug-likeness (QED) is 0.274. The topological polar surface area (TPSA) is 154 Å². The van der Waals surface area contributed by atoms with E-state index in [1.165, 1.54) is 12.1 Å². The second kappa shape index (κ2) is 9.45. The molecule has 0 bridgehead atoms. The Morgan fingerprint density at radius 3 is 2.11 bits per heavy atom. The molecule has 0 radical (unpaired) electrons. The van der Waals surface area contributed by atoms with Gasteiger partial charge >= 0.3 is 0 Å². The van der Waals surface area contributed by atoms with Crippen LogP contribution in [0.15, 0.2) is 60.7 Å². The molecule has 2 aliphatic rings. The van der Waals surface area contributed by atoms with Crippen LogP contribution < -0.4 is 4.74 Å². The van der Waals surface area contributed by atoms with Gasteiger partial charge in [0.1, 0.15) is 24.4 Å². The molecule has 1 aliphatic carbocycles. The molecule has 3 aromatic carbocycles. The van der Waals surface area contributed by atoms with Crippen molar-refractivity contribution in [2.45, 2.75) is 37.1 Å². The van der Waals surface area contributed by atoms with Gasteiger partial charge in [-0.05, 0) is 11.6 Å². The Balaban J connectivity index is 1.63. The molecule has 1 saturated heterocycles. The van der Waals surface area contributed by atoms with Crippen LogP contribution in [0.1, 0.15) is 43.0 Å². The molecule has 5 N–H and O–H groups in total. The van der Waals surface area contributed by atoms with Gasteiger partial charge in [0.05, 0.1) is 12.2 Å². The number of hydrogen-bond donors (Lipinski definition) is 5. The van der Waals surface area contributed by atoms with Crippen LogP contribution in [0.25, 0.3) is 0 Å². The second-order valence-electron chi connectivity index (χ2n) is 8.82. The first kappa shape index (κ1) is 24.1. The SMILES string of the molecule is O=C1c2ccccc2C(=O)c2c1cc(Cc1ccccc1)c(OC1OC(CO)C(O)C(O)C1O)c2O. The number of benzene rings is 3. The number of aromatic hydroxyl groups is 1. The number of carbonyl (C=O) groups is 2. The summed E-state index contributed by atoms with van der Waals surface area (Å²) in [7, 11) is 0. The van der Waals surface area contributed by atoms with Gasteiger partial charge in [0.25, 0.3) is 0 Å². The minimum Gasteiger partial charge on any atom is -0.504 e. The van der Waals surface area contributed by atoms with Crippen molar-refractivity contribution in [2.75, 3.05) is 6.61 Å². The van der Waals surface area contributed by atoms with Crippen molar-refractivity contribution in [1.82, 2.24) is 0 Å². The smallest absolute Gasteiger partial charge is 0.229 e. The largest absolute Gasteiger partial charge is 0.504 e. The normalized spacial score (nSPS) is 25.3. The lowest BCUT2D eigenvalue weighted by atomic mass is 9.82. The highest BCUT2D eigenvalue weighted by atomic mass is 16.7. The van der Waals surface area contributed by atoms with Crippen LogP contribution in [0.2, 0.25) is 0 Å². The summed E-state index contributed by atoms with van der Waals surface area (Å²) in [4.78, 5) is 26.6. The summed E-state index contributed by atoms with van der Waals surface area (Å²) in [5, 5.41) is 51.5. The maximum Gasteiger partial charge on any atom is 0.229 e. The lowest BCUT2D eigenvalue weighted by Gasteiger charge is -2.40.